The van der Waals surface area contributed by atoms with Crippen molar-refractivity contribution in [2.75, 3.05) is 14.1 Å². The lowest BCUT2D eigenvalue weighted by molar-refractivity contribution is -0.115. The van der Waals surface area contributed by atoms with Crippen molar-refractivity contribution in [3.8, 4) is 0 Å². The molecule has 10 heavy (non-hydrogen) atoms. The number of aliphatic hydroxyl groups excluding tert-OH is 1. The average Bonchev–Trinajstić information content (AvgIpc) is 1.85. The van der Waals surface area contributed by atoms with Crippen LogP contribution in [0.25, 0.3) is 0 Å². The third-order valence-electron chi connectivity index (χ3n) is 1.29. The predicted octanol–water partition coefficient (Wildman–Crippen LogP) is 0.236. The van der Waals surface area contributed by atoms with Crippen LogP contribution in [0.5, 0.6) is 0 Å². The molecule has 1 N–H and O–H groups in total. The molecule has 1 rings (SSSR count). The molecule has 0 radical (unpaired) electrons. The molecular weight excluding hydrogens is 130 g/mol. The van der Waals surface area contributed by atoms with Gasteiger partial charge in [0.15, 0.2) is 0 Å². The molecule has 0 aliphatic heterocycles. The zero-order chi connectivity index (χ0) is 7.98. The molecule has 0 saturated heterocycles. The second-order valence-electron chi connectivity index (χ2n) is 2.65. The van der Waals surface area contributed by atoms with Gasteiger partial charge >= 0.3 is 0 Å². The van der Waals surface area contributed by atoms with Gasteiger partial charge in [-0.05, 0) is 19.3 Å². The van der Waals surface area contributed by atoms with Crippen LogP contribution in [0.3, 0.4) is 0 Å². The molecule has 60 valence electrons. The first-order valence-corrected chi connectivity index (χ1v) is 3.46. The summed E-state index contributed by atoms with van der Waals surface area (Å²) in [7, 11) is 3.38. The molecule has 0 aromatic rings. The second kappa shape index (κ2) is 5.23. The van der Waals surface area contributed by atoms with Crippen molar-refractivity contribution in [3.63, 3.8) is 0 Å². The minimum atomic E-state index is 0.0648. The number of amides is 1. The number of carbonyl (C=O) groups excluding carboxylic acids is 1. The summed E-state index contributed by atoms with van der Waals surface area (Å²) in [6, 6.07) is 0. The van der Waals surface area contributed by atoms with Crippen LogP contribution in [0.2, 0.25) is 0 Å². The zero-order valence-electron chi connectivity index (χ0n) is 6.58. The normalized spacial score (nSPS) is 16.3. The summed E-state index contributed by atoms with van der Waals surface area (Å²) in [4.78, 5) is 10.9. The van der Waals surface area contributed by atoms with Gasteiger partial charge in [-0.3, -0.25) is 4.79 Å². The molecule has 3 heteroatoms. The third kappa shape index (κ3) is 5.56. The van der Waals surface area contributed by atoms with Crippen LogP contribution in [-0.2, 0) is 4.79 Å². The molecule has 0 aromatic heterocycles. The fraction of sp³-hybridized carbons (Fsp3) is 0.857. The minimum Gasteiger partial charge on any atom is -0.393 e. The van der Waals surface area contributed by atoms with Crippen LogP contribution < -0.4 is 0 Å². The standard InChI is InChI=1S/C4H8O.C3H7NO/c5-4-2-1-3-4;1-4(2)3-5/h4-5H,1-3H2;3H,1-2H3. The number of hydrogen-bond donors (Lipinski definition) is 1. The van der Waals surface area contributed by atoms with Crippen LogP contribution in [0.1, 0.15) is 19.3 Å². The van der Waals surface area contributed by atoms with Crippen LogP contribution in [0, 0.1) is 0 Å². The Morgan fingerprint density at radius 1 is 1.50 bits per heavy atom. The van der Waals surface area contributed by atoms with Crippen molar-refractivity contribution in [1.82, 2.24) is 4.90 Å². The summed E-state index contributed by atoms with van der Waals surface area (Å²) in [5.41, 5.74) is 0. The van der Waals surface area contributed by atoms with Gasteiger partial charge in [-0.1, -0.05) is 0 Å². The van der Waals surface area contributed by atoms with E-state index in [0.717, 1.165) is 19.3 Å². The van der Waals surface area contributed by atoms with Crippen molar-refractivity contribution in [2.24, 2.45) is 0 Å². The summed E-state index contributed by atoms with van der Waals surface area (Å²) in [5, 5.41) is 8.45. The molecule has 0 unspecified atom stereocenters. The Bertz CT molecular complexity index is 89.6. The van der Waals surface area contributed by atoms with Crippen LogP contribution in [0.4, 0.5) is 0 Å². The van der Waals surface area contributed by atoms with Crippen molar-refractivity contribution in [3.05, 3.63) is 0 Å². The van der Waals surface area contributed by atoms with Gasteiger partial charge in [-0.2, -0.15) is 0 Å². The highest BCUT2D eigenvalue weighted by molar-refractivity contribution is 5.45. The number of rotatable bonds is 1. The molecule has 1 saturated carbocycles. The van der Waals surface area contributed by atoms with E-state index in [9.17, 15) is 4.79 Å². The van der Waals surface area contributed by atoms with E-state index >= 15 is 0 Å². The van der Waals surface area contributed by atoms with Gasteiger partial charge in [-0.25, -0.2) is 0 Å². The Hall–Kier alpha value is -0.570. The van der Waals surface area contributed by atoms with E-state index in [4.69, 9.17) is 5.11 Å². The Balaban J connectivity index is 0.000000162. The van der Waals surface area contributed by atoms with Crippen molar-refractivity contribution < 1.29 is 9.90 Å². The van der Waals surface area contributed by atoms with E-state index in [1.165, 1.54) is 11.3 Å². The lowest BCUT2D eigenvalue weighted by Crippen LogP contribution is -2.15. The van der Waals surface area contributed by atoms with Crippen molar-refractivity contribution >= 4 is 6.41 Å². The van der Waals surface area contributed by atoms with Gasteiger partial charge in [-0.15, -0.1) is 0 Å². The van der Waals surface area contributed by atoms with Crippen molar-refractivity contribution in [1.29, 1.82) is 0 Å². The topological polar surface area (TPSA) is 40.5 Å². The van der Waals surface area contributed by atoms with E-state index < -0.39 is 0 Å². The average molecular weight is 145 g/mol. The van der Waals surface area contributed by atoms with Gasteiger partial charge < -0.3 is 10.0 Å². The highest BCUT2D eigenvalue weighted by Gasteiger charge is 2.11. The first kappa shape index (κ1) is 9.43. The van der Waals surface area contributed by atoms with Crippen LogP contribution in [0.15, 0.2) is 0 Å². The lowest BCUT2D eigenvalue weighted by atomic mass is 9.97. The summed E-state index contributed by atoms with van der Waals surface area (Å²) < 4.78 is 0. The molecule has 0 spiro atoms. The van der Waals surface area contributed by atoms with E-state index in [0.29, 0.717) is 0 Å². The number of hydrogen-bond acceptors (Lipinski definition) is 2. The maximum Gasteiger partial charge on any atom is 0.209 e. The zero-order valence-corrected chi connectivity index (χ0v) is 6.58. The molecule has 0 aromatic carbocycles. The molecule has 1 amide bonds. The highest BCUT2D eigenvalue weighted by atomic mass is 16.3. The van der Waals surface area contributed by atoms with E-state index in [2.05, 4.69) is 0 Å². The molecule has 1 aliphatic carbocycles. The predicted molar refractivity (Wildman–Crippen MR) is 39.6 cm³/mol. The molecular formula is C7H15NO2. The van der Waals surface area contributed by atoms with Crippen LogP contribution in [-0.4, -0.2) is 36.6 Å². The van der Waals surface area contributed by atoms with Gasteiger partial charge in [0.2, 0.25) is 6.41 Å². The first-order valence-electron chi connectivity index (χ1n) is 3.46. The number of aliphatic hydroxyl groups is 1. The van der Waals surface area contributed by atoms with Crippen LogP contribution >= 0.6 is 0 Å². The summed E-state index contributed by atoms with van der Waals surface area (Å²) in [6.07, 6.45) is 4.14. The van der Waals surface area contributed by atoms with Gasteiger partial charge in [0.1, 0.15) is 0 Å². The highest BCUT2D eigenvalue weighted by Crippen LogP contribution is 2.16. The maximum atomic E-state index is 9.43. The second-order valence-corrected chi connectivity index (χ2v) is 2.65. The Kier molecular flexibility index (Phi) is 4.94. The third-order valence-corrected chi connectivity index (χ3v) is 1.29. The monoisotopic (exact) mass is 145 g/mol. The Labute approximate surface area is 61.6 Å². The summed E-state index contributed by atoms with van der Waals surface area (Å²) in [6.45, 7) is 0. The van der Waals surface area contributed by atoms with Gasteiger partial charge in [0, 0.05) is 14.1 Å². The fourth-order valence-electron chi connectivity index (χ4n) is 0.387. The molecule has 1 fully saturated rings. The smallest absolute Gasteiger partial charge is 0.209 e. The quantitative estimate of drug-likeness (QED) is 0.537. The minimum absolute atomic E-state index is 0.0648. The number of nitrogens with zero attached hydrogens (tertiary/aromatic N) is 1. The molecule has 0 atom stereocenters. The SMILES string of the molecule is CN(C)C=O.OC1CCC1. The number of carbonyl (C=O) groups is 1. The Morgan fingerprint density at radius 3 is 1.80 bits per heavy atom. The first-order chi connectivity index (χ1) is 4.66. The van der Waals surface area contributed by atoms with Gasteiger partial charge in [0.25, 0.3) is 0 Å². The lowest BCUT2D eigenvalue weighted by Gasteiger charge is -2.17. The molecule has 1 aliphatic rings. The van der Waals surface area contributed by atoms with E-state index in [-0.39, 0.29) is 6.10 Å². The van der Waals surface area contributed by atoms with E-state index in [1.807, 2.05) is 0 Å². The fourth-order valence-corrected chi connectivity index (χ4v) is 0.387. The van der Waals surface area contributed by atoms with Crippen molar-refractivity contribution in [2.45, 2.75) is 25.4 Å². The van der Waals surface area contributed by atoms with Gasteiger partial charge in [0.05, 0.1) is 6.10 Å². The largest absolute Gasteiger partial charge is 0.393 e. The summed E-state index contributed by atoms with van der Waals surface area (Å²) in [5.74, 6) is 0. The maximum absolute atomic E-state index is 9.43. The van der Waals surface area contributed by atoms with E-state index in [1.54, 1.807) is 14.1 Å². The Morgan fingerprint density at radius 2 is 1.80 bits per heavy atom. The molecule has 3 nitrogen and oxygen atoms in total. The molecule has 0 bridgehead atoms. The summed E-state index contributed by atoms with van der Waals surface area (Å²) >= 11 is 0. The molecule has 0 heterocycles.